The SMILES string of the molecule is FCC1(Cn2ccnc2CN2CCC(c3cccc4c3O[C@@H](c3ccc(Cl)cc3F)C=C4)CC2)CC1. The molecular formula is C29H30ClF2N3O. The fraction of sp³-hybridized carbons (Fsp3) is 0.414. The van der Waals surface area contributed by atoms with E-state index in [0.717, 1.165) is 69.0 Å². The number of aromatic nitrogens is 2. The number of benzene rings is 2. The van der Waals surface area contributed by atoms with E-state index in [4.69, 9.17) is 16.3 Å². The quantitative estimate of drug-likeness (QED) is 0.345. The minimum atomic E-state index is -0.478. The van der Waals surface area contributed by atoms with Crippen LogP contribution in [0, 0.1) is 11.2 Å². The number of likely N-dealkylation sites (tertiary alicyclic amines) is 1. The van der Waals surface area contributed by atoms with Crippen molar-refractivity contribution in [3.8, 4) is 5.75 Å². The van der Waals surface area contributed by atoms with Gasteiger partial charge >= 0.3 is 0 Å². The molecule has 0 unspecified atom stereocenters. The minimum Gasteiger partial charge on any atom is -0.481 e. The van der Waals surface area contributed by atoms with Crippen LogP contribution < -0.4 is 4.74 Å². The molecule has 2 aromatic carbocycles. The third-order valence-electron chi connectivity index (χ3n) is 7.98. The van der Waals surface area contributed by atoms with Crippen LogP contribution in [0.5, 0.6) is 5.75 Å². The summed E-state index contributed by atoms with van der Waals surface area (Å²) in [6.45, 7) is 3.18. The number of para-hydroxylation sites is 1. The molecule has 6 rings (SSSR count). The molecule has 0 radical (unpaired) electrons. The number of alkyl halides is 1. The highest BCUT2D eigenvalue weighted by Crippen LogP contribution is 2.47. The number of nitrogens with zero attached hydrogens (tertiary/aromatic N) is 3. The summed E-state index contributed by atoms with van der Waals surface area (Å²) < 4.78 is 36.5. The number of fused-ring (bicyclic) bond motifs is 1. The van der Waals surface area contributed by atoms with Gasteiger partial charge in [0.25, 0.3) is 0 Å². The van der Waals surface area contributed by atoms with Gasteiger partial charge in [0.15, 0.2) is 0 Å². The molecule has 3 aromatic rings. The molecule has 0 spiro atoms. The first-order valence-electron chi connectivity index (χ1n) is 12.7. The lowest BCUT2D eigenvalue weighted by atomic mass is 9.87. The highest BCUT2D eigenvalue weighted by molar-refractivity contribution is 6.30. The van der Waals surface area contributed by atoms with Crippen LogP contribution in [0.3, 0.4) is 0 Å². The largest absolute Gasteiger partial charge is 0.481 e. The molecule has 3 heterocycles. The van der Waals surface area contributed by atoms with E-state index in [1.54, 1.807) is 12.1 Å². The Morgan fingerprint density at radius 1 is 1.11 bits per heavy atom. The maximum absolute atomic E-state index is 14.6. The van der Waals surface area contributed by atoms with Gasteiger partial charge in [-0.05, 0) is 68.5 Å². The van der Waals surface area contributed by atoms with Crippen molar-refractivity contribution in [1.82, 2.24) is 14.5 Å². The molecule has 7 heteroatoms. The average molecular weight is 510 g/mol. The van der Waals surface area contributed by atoms with E-state index < -0.39 is 6.10 Å². The van der Waals surface area contributed by atoms with Gasteiger partial charge in [-0.1, -0.05) is 41.9 Å². The number of imidazole rings is 1. The van der Waals surface area contributed by atoms with E-state index in [9.17, 15) is 8.78 Å². The van der Waals surface area contributed by atoms with E-state index in [2.05, 4.69) is 26.6 Å². The summed E-state index contributed by atoms with van der Waals surface area (Å²) >= 11 is 5.94. The second-order valence-corrected chi connectivity index (χ2v) is 10.9. The minimum absolute atomic E-state index is 0.157. The lowest BCUT2D eigenvalue weighted by molar-refractivity contribution is 0.190. The monoisotopic (exact) mass is 509 g/mol. The third-order valence-corrected chi connectivity index (χ3v) is 8.22. The van der Waals surface area contributed by atoms with Crippen LogP contribution in [0.4, 0.5) is 8.78 Å². The number of halogens is 3. The first-order valence-corrected chi connectivity index (χ1v) is 13.1. The lowest BCUT2D eigenvalue weighted by Crippen LogP contribution is -2.34. The van der Waals surface area contributed by atoms with Crippen molar-refractivity contribution in [3.05, 3.63) is 88.2 Å². The second kappa shape index (κ2) is 9.64. The number of ether oxygens (including phenoxy) is 1. The number of hydrogen-bond donors (Lipinski definition) is 0. The van der Waals surface area contributed by atoms with E-state index in [0.29, 0.717) is 16.5 Å². The summed E-state index contributed by atoms with van der Waals surface area (Å²) in [6, 6.07) is 11.0. The van der Waals surface area contributed by atoms with Gasteiger partial charge in [-0.3, -0.25) is 9.29 Å². The predicted molar refractivity (Wildman–Crippen MR) is 137 cm³/mol. The molecule has 0 bridgehead atoms. The van der Waals surface area contributed by atoms with Gasteiger partial charge in [0.1, 0.15) is 23.5 Å². The van der Waals surface area contributed by atoms with Gasteiger partial charge in [0, 0.05) is 40.5 Å². The maximum Gasteiger partial charge on any atom is 0.145 e. The Balaban J connectivity index is 1.13. The first-order chi connectivity index (χ1) is 17.5. The Labute approximate surface area is 215 Å². The van der Waals surface area contributed by atoms with Crippen LogP contribution in [0.2, 0.25) is 5.02 Å². The third kappa shape index (κ3) is 4.69. The van der Waals surface area contributed by atoms with Crippen molar-refractivity contribution < 1.29 is 13.5 Å². The summed E-state index contributed by atoms with van der Waals surface area (Å²) in [6.07, 6.45) is 11.2. The molecule has 0 amide bonds. The van der Waals surface area contributed by atoms with E-state index in [-0.39, 0.29) is 17.9 Å². The Hall–Kier alpha value is -2.70. The Morgan fingerprint density at radius 2 is 1.94 bits per heavy atom. The number of rotatable bonds is 7. The van der Waals surface area contributed by atoms with Crippen LogP contribution in [-0.2, 0) is 13.1 Å². The first kappa shape index (κ1) is 23.7. The topological polar surface area (TPSA) is 30.3 Å². The second-order valence-electron chi connectivity index (χ2n) is 10.5. The summed E-state index contributed by atoms with van der Waals surface area (Å²) in [5.41, 5.74) is 2.55. The number of hydrogen-bond acceptors (Lipinski definition) is 3. The molecule has 1 aromatic heterocycles. The lowest BCUT2D eigenvalue weighted by Gasteiger charge is -2.34. The summed E-state index contributed by atoms with van der Waals surface area (Å²) in [7, 11) is 0. The van der Waals surface area contributed by atoms with Crippen molar-refractivity contribution in [2.45, 2.75) is 50.8 Å². The molecule has 0 N–H and O–H groups in total. The van der Waals surface area contributed by atoms with Crippen LogP contribution in [0.15, 0.2) is 54.9 Å². The van der Waals surface area contributed by atoms with E-state index >= 15 is 0 Å². The fourth-order valence-electron chi connectivity index (χ4n) is 5.53. The summed E-state index contributed by atoms with van der Waals surface area (Å²) in [4.78, 5) is 7.01. The average Bonchev–Trinajstić information content (AvgIpc) is 3.55. The molecule has 4 nitrogen and oxygen atoms in total. The Morgan fingerprint density at radius 3 is 2.69 bits per heavy atom. The molecule has 36 heavy (non-hydrogen) atoms. The van der Waals surface area contributed by atoms with Crippen molar-refractivity contribution in [2.24, 2.45) is 5.41 Å². The smallest absolute Gasteiger partial charge is 0.145 e. The zero-order valence-electron chi connectivity index (χ0n) is 20.2. The van der Waals surface area contributed by atoms with Gasteiger partial charge < -0.3 is 9.30 Å². The van der Waals surface area contributed by atoms with Crippen molar-refractivity contribution in [2.75, 3.05) is 19.8 Å². The Bertz CT molecular complexity index is 1280. The molecule has 3 aliphatic rings. The predicted octanol–water partition coefficient (Wildman–Crippen LogP) is 6.95. The summed E-state index contributed by atoms with van der Waals surface area (Å²) in [5, 5.41) is 0.376. The van der Waals surface area contributed by atoms with E-state index in [1.165, 1.54) is 11.6 Å². The van der Waals surface area contributed by atoms with Gasteiger partial charge in [0.05, 0.1) is 13.2 Å². The summed E-state index contributed by atoms with van der Waals surface area (Å²) in [5.74, 6) is 1.89. The molecule has 1 aliphatic carbocycles. The maximum atomic E-state index is 14.6. The van der Waals surface area contributed by atoms with E-state index in [1.807, 2.05) is 30.6 Å². The van der Waals surface area contributed by atoms with Gasteiger partial charge in [-0.25, -0.2) is 9.37 Å². The van der Waals surface area contributed by atoms with Crippen molar-refractivity contribution >= 4 is 17.7 Å². The van der Waals surface area contributed by atoms with Crippen LogP contribution in [0.1, 0.15) is 60.2 Å². The molecule has 1 saturated heterocycles. The molecule has 1 atom stereocenters. The zero-order chi connectivity index (χ0) is 24.7. The van der Waals surface area contributed by atoms with Gasteiger partial charge in [0.2, 0.25) is 0 Å². The van der Waals surface area contributed by atoms with Gasteiger partial charge in [-0.2, -0.15) is 0 Å². The van der Waals surface area contributed by atoms with Crippen LogP contribution in [0.25, 0.3) is 6.08 Å². The normalized spacial score (nSPS) is 21.2. The van der Waals surface area contributed by atoms with Crippen LogP contribution >= 0.6 is 11.6 Å². The number of piperidine rings is 1. The van der Waals surface area contributed by atoms with Crippen molar-refractivity contribution in [3.63, 3.8) is 0 Å². The van der Waals surface area contributed by atoms with Gasteiger partial charge in [-0.15, -0.1) is 0 Å². The molecule has 188 valence electrons. The molecule has 2 aliphatic heterocycles. The highest BCUT2D eigenvalue weighted by atomic mass is 35.5. The molecule has 2 fully saturated rings. The fourth-order valence-corrected chi connectivity index (χ4v) is 5.69. The Kier molecular flexibility index (Phi) is 6.34. The molecular weight excluding hydrogens is 480 g/mol. The van der Waals surface area contributed by atoms with Crippen LogP contribution in [-0.4, -0.2) is 34.2 Å². The standard InChI is InChI=1S/C29H30ClF2N3O/c30-22-5-6-24(25(32)16-22)26-7-4-21-2-1-3-23(28(21)36-26)20-8-13-34(14-9-20)17-27-33-12-15-35(27)19-29(18-31)10-11-29/h1-7,12,15-16,20,26H,8-11,13-14,17-19H2/t26-/m1/s1. The molecule has 1 saturated carbocycles. The van der Waals surface area contributed by atoms with Crippen molar-refractivity contribution in [1.29, 1.82) is 0 Å². The highest BCUT2D eigenvalue weighted by Gasteiger charge is 2.43. The zero-order valence-corrected chi connectivity index (χ0v) is 20.9.